The fourth-order valence-corrected chi connectivity index (χ4v) is 17.7. The predicted molar refractivity (Wildman–Crippen MR) is 426 cm³/mol. The summed E-state index contributed by atoms with van der Waals surface area (Å²) in [5.74, 6) is 0. The average Bonchev–Trinajstić information content (AvgIpc) is 1.55. The van der Waals surface area contributed by atoms with Gasteiger partial charge in [0, 0.05) is 76.6 Å². The number of hydrogen-bond acceptors (Lipinski definition) is 1. The topological polar surface area (TPSA) is 32.9 Å². The zero-order chi connectivity index (χ0) is 66.0. The van der Waals surface area contributed by atoms with Crippen LogP contribution in [0, 0.1) is 0 Å². The average molecular weight is 1280 g/mol. The van der Waals surface area contributed by atoms with Gasteiger partial charge < -0.3 is 22.7 Å². The van der Waals surface area contributed by atoms with Crippen molar-refractivity contribution < 1.29 is 4.42 Å². The van der Waals surface area contributed by atoms with Gasteiger partial charge >= 0.3 is 0 Å². The Kier molecular flexibility index (Phi) is 11.8. The molecule has 0 aliphatic heterocycles. The molecule has 0 unspecified atom stereocenters. The SMILES string of the molecule is c1ccc(-c2cccc(-c3cccc(-n4c5cccc6c7cccc8c7c7c(cccc7n8-c7ccccc7)c7cccc4c7c65)c3)c2)cc1.c1ccc(-n2c3cccc4c5cccc6c5c5c(cccc5n6-c5cccc(-c6cccc7oc8ccccc8c67)c5)c5cccc2c5c43)cc1. The molecular weight excluding hydrogens is 1230 g/mol. The van der Waals surface area contributed by atoms with E-state index in [9.17, 15) is 0 Å². The van der Waals surface area contributed by atoms with E-state index in [4.69, 9.17) is 4.42 Å². The molecular formula is C96H58N4O. The van der Waals surface area contributed by atoms with Crippen LogP contribution >= 0.6 is 0 Å². The number of hydrogen-bond donors (Lipinski definition) is 0. The van der Waals surface area contributed by atoms with E-state index in [0.717, 1.165) is 38.9 Å². The summed E-state index contributed by atoms with van der Waals surface area (Å²) >= 11 is 0. The van der Waals surface area contributed by atoms with Crippen LogP contribution in [0.4, 0.5) is 0 Å². The third kappa shape index (κ3) is 8.03. The number of fused-ring (bicyclic) bond motifs is 7. The molecule has 5 nitrogen and oxygen atoms in total. The summed E-state index contributed by atoms with van der Waals surface area (Å²) in [5.41, 5.74) is 23.4. The van der Waals surface area contributed by atoms with Gasteiger partial charge in [0.15, 0.2) is 0 Å². The van der Waals surface area contributed by atoms with Gasteiger partial charge in [-0.05, 0) is 192 Å². The van der Waals surface area contributed by atoms with E-state index in [-0.39, 0.29) is 0 Å². The van der Waals surface area contributed by atoms with Gasteiger partial charge in [0.05, 0.1) is 44.1 Å². The molecule has 0 atom stereocenters. The van der Waals surface area contributed by atoms with Crippen LogP contribution in [0.2, 0.25) is 0 Å². The highest BCUT2D eigenvalue weighted by Crippen LogP contribution is 2.50. The smallest absolute Gasteiger partial charge is 0.136 e. The maximum absolute atomic E-state index is 6.28. The van der Waals surface area contributed by atoms with Gasteiger partial charge in [-0.15, -0.1) is 0 Å². The first-order valence-corrected chi connectivity index (χ1v) is 34.8. The maximum atomic E-state index is 6.28. The molecule has 468 valence electrons. The quantitative estimate of drug-likeness (QED) is 0.157. The van der Waals surface area contributed by atoms with Gasteiger partial charge in [0.25, 0.3) is 0 Å². The van der Waals surface area contributed by atoms with Crippen molar-refractivity contribution in [3.63, 3.8) is 0 Å². The van der Waals surface area contributed by atoms with E-state index in [2.05, 4.69) is 364 Å². The van der Waals surface area contributed by atoms with Crippen LogP contribution < -0.4 is 0 Å². The molecule has 0 aliphatic carbocycles. The lowest BCUT2D eigenvalue weighted by Crippen LogP contribution is -1.94. The molecule has 5 aromatic heterocycles. The molecule has 101 heavy (non-hydrogen) atoms. The largest absolute Gasteiger partial charge is 0.456 e. The molecule has 0 spiro atoms. The van der Waals surface area contributed by atoms with Crippen LogP contribution in [0.1, 0.15) is 0 Å². The van der Waals surface area contributed by atoms with Crippen LogP contribution in [0.3, 0.4) is 0 Å². The third-order valence-electron chi connectivity index (χ3n) is 21.7. The van der Waals surface area contributed by atoms with E-state index in [1.54, 1.807) is 0 Å². The van der Waals surface area contributed by atoms with Crippen molar-refractivity contribution in [3.05, 3.63) is 352 Å². The second-order valence-corrected chi connectivity index (χ2v) is 26.9. The number of para-hydroxylation sites is 3. The van der Waals surface area contributed by atoms with Crippen molar-refractivity contribution in [1.82, 2.24) is 18.3 Å². The lowest BCUT2D eigenvalue weighted by molar-refractivity contribution is 0.669. The van der Waals surface area contributed by atoms with E-state index < -0.39 is 0 Å². The van der Waals surface area contributed by atoms with Crippen molar-refractivity contribution in [2.24, 2.45) is 0 Å². The Morgan fingerprint density at radius 2 is 0.416 bits per heavy atom. The van der Waals surface area contributed by atoms with Gasteiger partial charge in [-0.25, -0.2) is 0 Å². The molecule has 0 N–H and O–H groups in total. The minimum absolute atomic E-state index is 0.909. The van der Waals surface area contributed by atoms with E-state index in [1.165, 1.54) is 170 Å². The first-order valence-electron chi connectivity index (χ1n) is 34.8. The summed E-state index contributed by atoms with van der Waals surface area (Å²) in [6.45, 7) is 0. The standard InChI is InChI=1S/C48H28N2O.C48H30N2/c1-2-13-30(14-3-1)49-38-22-7-18-33-35-20-9-24-40-47(35)48-36(34-19-8-23-39(49)46(34)45(33)38)21-10-25-41(48)50(40)31-15-6-12-29(28-31)32-17-11-27-43-44(32)37-16-4-5-26-42(37)51-43;1-3-13-31(14-4-1)32-15-7-16-33(29-32)34-17-8-20-36(30-34)50-43-27-11-23-39-37-21-9-25-41-45(37)46-38(40-24-12-28-44(50)48(40)47(39)43)22-10-26-42(46)49(41)35-18-5-2-6-19-35/h1-28H;1-30H. The molecule has 5 heterocycles. The van der Waals surface area contributed by atoms with E-state index >= 15 is 0 Å². The van der Waals surface area contributed by atoms with Gasteiger partial charge in [-0.1, -0.05) is 237 Å². The summed E-state index contributed by atoms with van der Waals surface area (Å²) in [7, 11) is 0. The van der Waals surface area contributed by atoms with Gasteiger partial charge in [0.2, 0.25) is 0 Å². The lowest BCUT2D eigenvalue weighted by Gasteiger charge is -2.11. The van der Waals surface area contributed by atoms with Crippen LogP contribution in [0.5, 0.6) is 0 Å². The lowest BCUT2D eigenvalue weighted by atomic mass is 9.95. The molecule has 0 aliphatic rings. The first kappa shape index (κ1) is 55.6. The van der Waals surface area contributed by atoms with Crippen LogP contribution in [0.15, 0.2) is 356 Å². The minimum atomic E-state index is 0.909. The predicted octanol–water partition coefficient (Wildman–Crippen LogP) is 26.2. The molecule has 0 saturated carbocycles. The Balaban J connectivity index is 0.000000128. The number of aromatic nitrogens is 4. The zero-order valence-corrected chi connectivity index (χ0v) is 54.7. The highest BCUT2D eigenvalue weighted by molar-refractivity contribution is 6.40. The molecule has 0 bridgehead atoms. The molecule has 0 radical (unpaired) electrons. The van der Waals surface area contributed by atoms with Crippen molar-refractivity contribution in [2.75, 3.05) is 0 Å². The summed E-state index contributed by atoms with van der Waals surface area (Å²) in [4.78, 5) is 0. The van der Waals surface area contributed by atoms with Gasteiger partial charge in [-0.3, -0.25) is 0 Å². The van der Waals surface area contributed by atoms with Crippen molar-refractivity contribution in [3.8, 4) is 56.1 Å². The fraction of sp³-hybridized carbons (Fsp3) is 0. The van der Waals surface area contributed by atoms with Crippen molar-refractivity contribution in [2.45, 2.75) is 0 Å². The number of rotatable bonds is 7. The highest BCUT2D eigenvalue weighted by atomic mass is 16.3. The number of benzene rings is 16. The summed E-state index contributed by atoms with van der Waals surface area (Å²) in [6, 6.07) is 128. The molecule has 0 saturated heterocycles. The van der Waals surface area contributed by atoms with Crippen LogP contribution in [-0.2, 0) is 0 Å². The second-order valence-electron chi connectivity index (χ2n) is 26.9. The molecule has 23 aromatic rings. The monoisotopic (exact) mass is 1280 g/mol. The van der Waals surface area contributed by atoms with Crippen molar-refractivity contribution in [1.29, 1.82) is 0 Å². The van der Waals surface area contributed by atoms with Crippen LogP contribution in [-0.4, -0.2) is 18.3 Å². The summed E-state index contributed by atoms with van der Waals surface area (Å²) in [5, 5.41) is 22.9. The minimum Gasteiger partial charge on any atom is -0.456 e. The molecule has 18 aromatic carbocycles. The number of furan rings is 1. The third-order valence-corrected chi connectivity index (χ3v) is 21.7. The number of nitrogens with zero attached hydrogens (tertiary/aromatic N) is 4. The normalized spacial score (nSPS) is 12.2. The first-order chi connectivity index (χ1) is 50.2. The Morgan fingerprint density at radius 3 is 0.822 bits per heavy atom. The molecule has 0 amide bonds. The maximum Gasteiger partial charge on any atom is 0.136 e. The van der Waals surface area contributed by atoms with E-state index in [1.807, 2.05) is 6.07 Å². The Morgan fingerprint density at radius 1 is 0.158 bits per heavy atom. The molecule has 23 rings (SSSR count). The van der Waals surface area contributed by atoms with Gasteiger partial charge in [-0.2, -0.15) is 0 Å². The second kappa shape index (κ2) is 21.5. The van der Waals surface area contributed by atoms with Gasteiger partial charge in [0.1, 0.15) is 11.2 Å². The Bertz CT molecular complexity index is 7060. The fourth-order valence-electron chi connectivity index (χ4n) is 17.7. The van der Waals surface area contributed by atoms with E-state index in [0.29, 0.717) is 0 Å². The Labute approximate surface area is 579 Å². The summed E-state index contributed by atoms with van der Waals surface area (Å²) < 4.78 is 16.1. The molecule has 5 heteroatoms. The molecule has 0 fully saturated rings. The Hall–Kier alpha value is -13.5. The highest BCUT2D eigenvalue weighted by Gasteiger charge is 2.26. The van der Waals surface area contributed by atoms with Crippen LogP contribution in [0.25, 0.3) is 208 Å². The zero-order valence-electron chi connectivity index (χ0n) is 54.7. The summed E-state index contributed by atoms with van der Waals surface area (Å²) in [6.07, 6.45) is 0. The van der Waals surface area contributed by atoms with Crippen molar-refractivity contribution >= 4 is 152 Å².